The Morgan fingerprint density at radius 2 is 1.44 bits per heavy atom. The van der Waals surface area contributed by atoms with Gasteiger partial charge in [0.05, 0.1) is 0 Å². The summed E-state index contributed by atoms with van der Waals surface area (Å²) in [5.41, 5.74) is 2.41. The molecule has 2 aliphatic rings. The molecule has 192 valence electrons. The van der Waals surface area contributed by atoms with E-state index in [1.54, 1.807) is 6.08 Å². The van der Waals surface area contributed by atoms with Crippen LogP contribution in [0, 0.1) is 5.92 Å². The lowest BCUT2D eigenvalue weighted by molar-refractivity contribution is -0.132. The minimum Gasteiger partial charge on any atom is -0.356 e. The Labute approximate surface area is 216 Å². The number of piperidine rings is 1. The lowest BCUT2D eigenvalue weighted by Gasteiger charge is -2.34. The molecule has 2 aliphatic heterocycles. The van der Waals surface area contributed by atoms with E-state index in [0.29, 0.717) is 13.1 Å². The number of likely N-dealkylation sites (tertiary alicyclic amines) is 1. The van der Waals surface area contributed by atoms with Gasteiger partial charge in [0.15, 0.2) is 0 Å². The zero-order valence-electron chi connectivity index (χ0n) is 21.4. The molecule has 0 unspecified atom stereocenters. The Morgan fingerprint density at radius 1 is 0.806 bits per heavy atom. The molecular formula is C30H40N4O2. The fourth-order valence-electron chi connectivity index (χ4n) is 5.03. The summed E-state index contributed by atoms with van der Waals surface area (Å²) < 4.78 is 0. The van der Waals surface area contributed by atoms with Crippen molar-refractivity contribution in [3.63, 3.8) is 0 Å². The molecular weight excluding hydrogens is 448 g/mol. The van der Waals surface area contributed by atoms with Gasteiger partial charge < -0.3 is 15.1 Å². The second kappa shape index (κ2) is 14.0. The first-order chi connectivity index (χ1) is 17.7. The molecule has 0 radical (unpaired) electrons. The van der Waals surface area contributed by atoms with E-state index in [4.69, 9.17) is 0 Å². The van der Waals surface area contributed by atoms with Crippen LogP contribution < -0.4 is 5.32 Å². The summed E-state index contributed by atoms with van der Waals surface area (Å²) in [4.78, 5) is 32.0. The highest BCUT2D eigenvalue weighted by atomic mass is 16.2. The van der Waals surface area contributed by atoms with Gasteiger partial charge in [-0.3, -0.25) is 14.5 Å². The van der Waals surface area contributed by atoms with E-state index in [1.165, 1.54) is 5.56 Å². The van der Waals surface area contributed by atoms with Crippen LogP contribution in [0.15, 0.2) is 66.7 Å². The first-order valence-electron chi connectivity index (χ1n) is 13.5. The molecule has 0 aromatic heterocycles. The number of nitrogens with zero attached hydrogens (tertiary/aromatic N) is 3. The highest BCUT2D eigenvalue weighted by Crippen LogP contribution is 2.18. The molecule has 2 fully saturated rings. The number of rotatable bonds is 10. The Hall–Kier alpha value is -2.96. The van der Waals surface area contributed by atoms with Gasteiger partial charge in [-0.25, -0.2) is 0 Å². The van der Waals surface area contributed by atoms with Gasteiger partial charge in [0.25, 0.3) is 0 Å². The van der Waals surface area contributed by atoms with E-state index in [9.17, 15) is 9.59 Å². The first kappa shape index (κ1) is 26.1. The summed E-state index contributed by atoms with van der Waals surface area (Å²) in [6.45, 7) is 8.66. The Bertz CT molecular complexity index is 963. The van der Waals surface area contributed by atoms with E-state index in [2.05, 4.69) is 45.4 Å². The van der Waals surface area contributed by atoms with Crippen LogP contribution in [0.5, 0.6) is 0 Å². The molecule has 0 bridgehead atoms. The van der Waals surface area contributed by atoms with Crippen molar-refractivity contribution in [2.75, 3.05) is 52.4 Å². The molecule has 2 amide bonds. The zero-order valence-corrected chi connectivity index (χ0v) is 21.4. The minimum atomic E-state index is 0.0184. The molecule has 0 atom stereocenters. The Morgan fingerprint density at radius 3 is 2.14 bits per heavy atom. The average molecular weight is 489 g/mol. The summed E-state index contributed by atoms with van der Waals surface area (Å²) in [6.07, 6.45) is 7.09. The fraction of sp³-hybridized carbons (Fsp3) is 0.467. The fourth-order valence-corrected chi connectivity index (χ4v) is 5.03. The van der Waals surface area contributed by atoms with Crippen LogP contribution >= 0.6 is 0 Å². The van der Waals surface area contributed by atoms with Gasteiger partial charge >= 0.3 is 0 Å². The predicted molar refractivity (Wildman–Crippen MR) is 145 cm³/mol. The largest absolute Gasteiger partial charge is 0.356 e. The SMILES string of the molecule is O=C(NCCCCN1CCN(Cc2ccccc2)CC1)C1CCN(C(=O)C=Cc2ccccc2)CC1. The summed E-state index contributed by atoms with van der Waals surface area (Å²) in [6, 6.07) is 20.5. The van der Waals surface area contributed by atoms with E-state index >= 15 is 0 Å². The van der Waals surface area contributed by atoms with E-state index in [1.807, 2.05) is 41.3 Å². The van der Waals surface area contributed by atoms with Crippen molar-refractivity contribution in [2.24, 2.45) is 5.92 Å². The number of amides is 2. The smallest absolute Gasteiger partial charge is 0.246 e. The highest BCUT2D eigenvalue weighted by Gasteiger charge is 2.26. The maximum absolute atomic E-state index is 12.6. The summed E-state index contributed by atoms with van der Waals surface area (Å²) in [5.74, 6) is 0.194. The van der Waals surface area contributed by atoms with Crippen LogP contribution in [-0.4, -0.2) is 78.9 Å². The molecule has 0 aliphatic carbocycles. The van der Waals surface area contributed by atoms with Crippen molar-refractivity contribution in [3.8, 4) is 0 Å². The van der Waals surface area contributed by atoms with Gasteiger partial charge in [0.1, 0.15) is 0 Å². The van der Waals surface area contributed by atoms with Gasteiger partial charge in [-0.05, 0) is 49.4 Å². The summed E-state index contributed by atoms with van der Waals surface area (Å²) in [5, 5.41) is 3.13. The second-order valence-corrected chi connectivity index (χ2v) is 9.95. The number of carbonyl (C=O) groups excluding carboxylic acids is 2. The van der Waals surface area contributed by atoms with Gasteiger partial charge in [-0.1, -0.05) is 60.7 Å². The first-order valence-corrected chi connectivity index (χ1v) is 13.5. The Kier molecular flexibility index (Phi) is 10.1. The third kappa shape index (κ3) is 8.32. The van der Waals surface area contributed by atoms with Crippen molar-refractivity contribution in [3.05, 3.63) is 77.9 Å². The van der Waals surface area contributed by atoms with E-state index < -0.39 is 0 Å². The molecule has 0 spiro atoms. The predicted octanol–water partition coefficient (Wildman–Crippen LogP) is 3.65. The van der Waals surface area contributed by atoms with Crippen molar-refractivity contribution < 1.29 is 9.59 Å². The quantitative estimate of drug-likeness (QED) is 0.410. The molecule has 6 nitrogen and oxygen atoms in total. The number of nitrogens with one attached hydrogen (secondary N) is 1. The molecule has 4 rings (SSSR count). The van der Waals surface area contributed by atoms with Crippen LogP contribution in [0.3, 0.4) is 0 Å². The molecule has 1 N–H and O–H groups in total. The van der Waals surface area contributed by atoms with Crippen molar-refractivity contribution in [2.45, 2.75) is 32.2 Å². The number of hydrogen-bond acceptors (Lipinski definition) is 4. The topological polar surface area (TPSA) is 55.9 Å². The van der Waals surface area contributed by atoms with Gasteiger partial charge in [-0.2, -0.15) is 0 Å². The van der Waals surface area contributed by atoms with E-state index in [0.717, 1.165) is 77.1 Å². The minimum absolute atomic E-state index is 0.0184. The molecule has 2 saturated heterocycles. The van der Waals surface area contributed by atoms with Crippen LogP contribution in [0.25, 0.3) is 6.08 Å². The molecule has 6 heteroatoms. The van der Waals surface area contributed by atoms with Crippen LogP contribution in [-0.2, 0) is 16.1 Å². The number of carbonyl (C=O) groups is 2. The van der Waals surface area contributed by atoms with Crippen LogP contribution in [0.2, 0.25) is 0 Å². The van der Waals surface area contributed by atoms with Gasteiger partial charge in [0.2, 0.25) is 11.8 Å². The molecule has 2 aromatic carbocycles. The summed E-state index contributed by atoms with van der Waals surface area (Å²) >= 11 is 0. The maximum Gasteiger partial charge on any atom is 0.246 e. The number of benzene rings is 2. The lowest BCUT2D eigenvalue weighted by Crippen LogP contribution is -2.46. The zero-order chi connectivity index (χ0) is 25.0. The van der Waals surface area contributed by atoms with Crippen LogP contribution in [0.1, 0.15) is 36.8 Å². The maximum atomic E-state index is 12.6. The molecule has 0 saturated carbocycles. The average Bonchev–Trinajstić information content (AvgIpc) is 2.93. The van der Waals surface area contributed by atoms with Crippen molar-refractivity contribution in [1.82, 2.24) is 20.0 Å². The van der Waals surface area contributed by atoms with Gasteiger partial charge in [-0.15, -0.1) is 0 Å². The second-order valence-electron chi connectivity index (χ2n) is 9.95. The summed E-state index contributed by atoms with van der Waals surface area (Å²) in [7, 11) is 0. The third-order valence-corrected chi connectivity index (χ3v) is 7.31. The van der Waals surface area contributed by atoms with Crippen molar-refractivity contribution in [1.29, 1.82) is 0 Å². The van der Waals surface area contributed by atoms with Crippen molar-refractivity contribution >= 4 is 17.9 Å². The number of unbranched alkanes of at least 4 members (excludes halogenated alkanes) is 1. The molecule has 36 heavy (non-hydrogen) atoms. The monoisotopic (exact) mass is 488 g/mol. The highest BCUT2D eigenvalue weighted by molar-refractivity contribution is 5.92. The molecule has 2 heterocycles. The normalized spacial score (nSPS) is 17.9. The molecule has 2 aromatic rings. The van der Waals surface area contributed by atoms with Crippen LogP contribution in [0.4, 0.5) is 0 Å². The van der Waals surface area contributed by atoms with Gasteiger partial charge in [0, 0.05) is 64.4 Å². The standard InChI is InChI=1S/C30H40N4O2/c35-29(14-13-26-9-3-1-4-10-26)34-19-15-28(16-20-34)30(36)31-17-7-8-18-32-21-23-33(24-22-32)25-27-11-5-2-6-12-27/h1-6,9-14,28H,7-8,15-25H2,(H,31,36). The Balaban J connectivity index is 1.04. The van der Waals surface area contributed by atoms with E-state index in [-0.39, 0.29) is 17.7 Å². The third-order valence-electron chi connectivity index (χ3n) is 7.31. The number of piperazine rings is 1. The number of hydrogen-bond donors (Lipinski definition) is 1. The lowest BCUT2D eigenvalue weighted by atomic mass is 9.95.